The molecule has 0 aliphatic carbocycles. The minimum absolute atomic E-state index is 0.166. The van der Waals surface area contributed by atoms with Crippen molar-refractivity contribution in [1.29, 1.82) is 0 Å². The molecule has 0 unspecified atom stereocenters. The Hall–Kier alpha value is -1.24. The van der Waals surface area contributed by atoms with Crippen molar-refractivity contribution in [2.24, 2.45) is 0 Å². The van der Waals surface area contributed by atoms with E-state index in [0.717, 1.165) is 44.6 Å². The van der Waals surface area contributed by atoms with Gasteiger partial charge in [0.15, 0.2) is 0 Å². The van der Waals surface area contributed by atoms with E-state index in [1.54, 1.807) is 24.3 Å². The van der Waals surface area contributed by atoms with Gasteiger partial charge < -0.3 is 10.2 Å². The molecule has 2 N–H and O–H groups in total. The summed E-state index contributed by atoms with van der Waals surface area (Å²) >= 11 is 2.02. The topological polar surface area (TPSA) is 64.0 Å². The summed E-state index contributed by atoms with van der Waals surface area (Å²) in [7, 11) is 0. The third kappa shape index (κ3) is 4.00. The third-order valence-corrected chi connectivity index (χ3v) is 5.81. The Labute approximate surface area is 141 Å². The van der Waals surface area contributed by atoms with Gasteiger partial charge in [0.25, 0.3) is 0 Å². The predicted octanol–water partition coefficient (Wildman–Crippen LogP) is 2.03. The number of piperidine rings is 1. The molecule has 0 bridgehead atoms. The Morgan fingerprint density at radius 2 is 1.70 bits per heavy atom. The van der Waals surface area contributed by atoms with E-state index in [1.807, 2.05) is 11.8 Å². The molecule has 2 saturated heterocycles. The number of hydrogen-bond acceptors (Lipinski definition) is 5. The zero-order valence-electron chi connectivity index (χ0n) is 13.2. The van der Waals surface area contributed by atoms with Crippen LogP contribution in [0.1, 0.15) is 24.4 Å². The largest absolute Gasteiger partial charge is 0.508 e. The van der Waals surface area contributed by atoms with Gasteiger partial charge in [-0.15, -0.1) is 0 Å². The molecule has 1 aromatic rings. The molecule has 0 aromatic heterocycles. The van der Waals surface area contributed by atoms with Crippen LogP contribution in [0.3, 0.4) is 0 Å². The van der Waals surface area contributed by atoms with Crippen molar-refractivity contribution in [2.45, 2.75) is 24.9 Å². The standard InChI is InChI=1S/C17H24N2O3S/c20-15-3-1-13(2-4-15)16(17(21)22)19-7-5-14(6-8-19)18-9-11-23-12-10-18/h1-4,14,16,20H,5-12H2,(H,21,22)/t16-/m0/s1. The summed E-state index contributed by atoms with van der Waals surface area (Å²) in [6.45, 7) is 3.95. The molecule has 2 fully saturated rings. The van der Waals surface area contributed by atoms with E-state index in [9.17, 15) is 15.0 Å². The Kier molecular flexibility index (Phi) is 5.46. The van der Waals surface area contributed by atoms with E-state index in [1.165, 1.54) is 11.5 Å². The number of thioether (sulfide) groups is 1. The van der Waals surface area contributed by atoms with E-state index in [-0.39, 0.29) is 5.75 Å². The maximum Gasteiger partial charge on any atom is 0.325 e. The summed E-state index contributed by atoms with van der Waals surface area (Å²) in [6, 6.07) is 6.52. The number of rotatable bonds is 4. The van der Waals surface area contributed by atoms with Crippen LogP contribution in [0.4, 0.5) is 0 Å². The van der Waals surface area contributed by atoms with Crippen LogP contribution in [0, 0.1) is 0 Å². The lowest BCUT2D eigenvalue weighted by Crippen LogP contribution is -2.49. The fraction of sp³-hybridized carbons (Fsp3) is 0.588. The molecule has 3 rings (SSSR count). The van der Waals surface area contributed by atoms with Crippen molar-refractivity contribution >= 4 is 17.7 Å². The number of aromatic hydroxyl groups is 1. The molecule has 0 amide bonds. The number of likely N-dealkylation sites (tertiary alicyclic amines) is 1. The smallest absolute Gasteiger partial charge is 0.325 e. The van der Waals surface area contributed by atoms with Crippen LogP contribution >= 0.6 is 11.8 Å². The number of carboxylic acid groups (broad SMARTS) is 1. The number of carboxylic acids is 1. The molecule has 0 spiro atoms. The van der Waals surface area contributed by atoms with E-state index >= 15 is 0 Å². The molecule has 23 heavy (non-hydrogen) atoms. The van der Waals surface area contributed by atoms with Crippen LogP contribution in [-0.4, -0.2) is 69.7 Å². The van der Waals surface area contributed by atoms with Gasteiger partial charge in [-0.1, -0.05) is 12.1 Å². The van der Waals surface area contributed by atoms with E-state index < -0.39 is 12.0 Å². The molecule has 0 saturated carbocycles. The lowest BCUT2D eigenvalue weighted by Gasteiger charge is -2.41. The Balaban J connectivity index is 1.64. The first-order chi connectivity index (χ1) is 11.1. The van der Waals surface area contributed by atoms with E-state index in [2.05, 4.69) is 9.80 Å². The number of benzene rings is 1. The molecule has 2 aliphatic rings. The van der Waals surface area contributed by atoms with Crippen molar-refractivity contribution in [1.82, 2.24) is 9.80 Å². The van der Waals surface area contributed by atoms with Crippen LogP contribution in [0.15, 0.2) is 24.3 Å². The average Bonchev–Trinajstić information content (AvgIpc) is 2.58. The zero-order valence-corrected chi connectivity index (χ0v) is 14.0. The van der Waals surface area contributed by atoms with Gasteiger partial charge in [-0.05, 0) is 30.5 Å². The zero-order chi connectivity index (χ0) is 16.2. The monoisotopic (exact) mass is 336 g/mol. The molecular formula is C17H24N2O3S. The molecule has 0 radical (unpaired) electrons. The van der Waals surface area contributed by atoms with Gasteiger partial charge >= 0.3 is 5.97 Å². The van der Waals surface area contributed by atoms with E-state index in [0.29, 0.717) is 6.04 Å². The van der Waals surface area contributed by atoms with Gasteiger partial charge in [0.1, 0.15) is 11.8 Å². The van der Waals surface area contributed by atoms with Crippen molar-refractivity contribution in [2.75, 3.05) is 37.7 Å². The first kappa shape index (κ1) is 16.6. The molecule has 6 heteroatoms. The Morgan fingerprint density at radius 3 is 2.26 bits per heavy atom. The number of aliphatic carboxylic acids is 1. The number of nitrogens with zero attached hydrogens (tertiary/aromatic N) is 2. The van der Waals surface area contributed by atoms with Crippen LogP contribution in [0.25, 0.3) is 0 Å². The summed E-state index contributed by atoms with van der Waals surface area (Å²) in [6.07, 6.45) is 2.07. The second-order valence-corrected chi connectivity index (χ2v) is 7.47. The summed E-state index contributed by atoms with van der Waals surface area (Å²) in [5, 5.41) is 19.0. The van der Waals surface area contributed by atoms with Crippen molar-refractivity contribution in [3.63, 3.8) is 0 Å². The van der Waals surface area contributed by atoms with Gasteiger partial charge in [-0.3, -0.25) is 14.6 Å². The highest BCUT2D eigenvalue weighted by molar-refractivity contribution is 7.99. The van der Waals surface area contributed by atoms with Crippen molar-refractivity contribution in [3.8, 4) is 5.75 Å². The third-order valence-electron chi connectivity index (χ3n) is 4.87. The molecular weight excluding hydrogens is 312 g/mol. The highest BCUT2D eigenvalue weighted by Gasteiger charge is 2.32. The Bertz CT molecular complexity index is 523. The number of phenols is 1. The summed E-state index contributed by atoms with van der Waals surface area (Å²) in [4.78, 5) is 16.4. The molecule has 2 heterocycles. The van der Waals surface area contributed by atoms with Crippen LogP contribution in [0.2, 0.25) is 0 Å². The second-order valence-electron chi connectivity index (χ2n) is 6.25. The number of hydrogen-bond donors (Lipinski definition) is 2. The quantitative estimate of drug-likeness (QED) is 0.877. The molecule has 1 atom stereocenters. The van der Waals surface area contributed by atoms with Gasteiger partial charge in [0.05, 0.1) is 0 Å². The summed E-state index contributed by atoms with van der Waals surface area (Å²) in [5.41, 5.74) is 0.739. The van der Waals surface area contributed by atoms with Gasteiger partial charge in [-0.2, -0.15) is 11.8 Å². The SMILES string of the molecule is O=C(O)[C@H](c1ccc(O)cc1)N1CCC(N2CCSCC2)CC1. The lowest BCUT2D eigenvalue weighted by molar-refractivity contribution is -0.144. The highest BCUT2D eigenvalue weighted by atomic mass is 32.2. The normalized spacial score (nSPS) is 22.8. The minimum Gasteiger partial charge on any atom is -0.508 e. The Morgan fingerprint density at radius 1 is 1.09 bits per heavy atom. The maximum absolute atomic E-state index is 11.7. The number of carbonyl (C=O) groups is 1. The number of phenolic OH excluding ortho intramolecular Hbond substituents is 1. The molecule has 126 valence electrons. The van der Waals surface area contributed by atoms with Crippen LogP contribution in [0.5, 0.6) is 5.75 Å². The minimum atomic E-state index is -0.816. The molecule has 1 aromatic carbocycles. The second kappa shape index (κ2) is 7.55. The van der Waals surface area contributed by atoms with Crippen LogP contribution < -0.4 is 0 Å². The van der Waals surface area contributed by atoms with Gasteiger partial charge in [0.2, 0.25) is 0 Å². The van der Waals surface area contributed by atoms with E-state index in [4.69, 9.17) is 0 Å². The van der Waals surface area contributed by atoms with Crippen molar-refractivity contribution < 1.29 is 15.0 Å². The lowest BCUT2D eigenvalue weighted by atomic mass is 9.98. The fourth-order valence-corrected chi connectivity index (χ4v) is 4.55. The first-order valence-electron chi connectivity index (χ1n) is 8.23. The predicted molar refractivity (Wildman–Crippen MR) is 92.0 cm³/mol. The van der Waals surface area contributed by atoms with Gasteiger partial charge in [0, 0.05) is 43.7 Å². The van der Waals surface area contributed by atoms with Crippen molar-refractivity contribution in [3.05, 3.63) is 29.8 Å². The maximum atomic E-state index is 11.7. The molecule has 5 nitrogen and oxygen atoms in total. The average molecular weight is 336 g/mol. The fourth-order valence-electron chi connectivity index (χ4n) is 3.62. The highest BCUT2D eigenvalue weighted by Crippen LogP contribution is 2.28. The summed E-state index contributed by atoms with van der Waals surface area (Å²) in [5.74, 6) is 1.78. The van der Waals surface area contributed by atoms with Crippen LogP contribution in [-0.2, 0) is 4.79 Å². The first-order valence-corrected chi connectivity index (χ1v) is 9.38. The van der Waals surface area contributed by atoms with Gasteiger partial charge in [-0.25, -0.2) is 0 Å². The molecule has 2 aliphatic heterocycles. The summed E-state index contributed by atoms with van der Waals surface area (Å²) < 4.78 is 0.